The van der Waals surface area contributed by atoms with Crippen molar-refractivity contribution < 1.29 is 23.9 Å². The molecule has 1 aromatic heterocycles. The monoisotopic (exact) mass is 482 g/mol. The lowest BCUT2D eigenvalue weighted by Gasteiger charge is -2.24. The molecule has 0 aliphatic carbocycles. The van der Waals surface area contributed by atoms with Crippen molar-refractivity contribution >= 4 is 39.5 Å². The zero-order valence-electron chi connectivity index (χ0n) is 16.9. The number of benzene rings is 2. The number of aromatic nitrogens is 1. The minimum atomic E-state index is -0.600. The first-order valence-corrected chi connectivity index (χ1v) is 10.1. The van der Waals surface area contributed by atoms with Crippen molar-refractivity contribution in [1.29, 1.82) is 0 Å². The standard InChI is InChI=1S/C23H19BrN2O5/c1-15(27)30-20-9-10-21(22(12-20)31-16(2)28)23(29)26(14-17-4-3-11-25-13-17)19-7-5-18(24)6-8-19/h3-13H,14H2,1-2H3. The van der Waals surface area contributed by atoms with Crippen LogP contribution >= 0.6 is 15.9 Å². The smallest absolute Gasteiger partial charge is 0.308 e. The highest BCUT2D eigenvalue weighted by molar-refractivity contribution is 9.10. The largest absolute Gasteiger partial charge is 0.427 e. The Morgan fingerprint density at radius 2 is 1.68 bits per heavy atom. The van der Waals surface area contributed by atoms with Crippen LogP contribution in [0.4, 0.5) is 5.69 Å². The predicted molar refractivity (Wildman–Crippen MR) is 118 cm³/mol. The van der Waals surface area contributed by atoms with Crippen LogP contribution in [-0.2, 0) is 16.1 Å². The van der Waals surface area contributed by atoms with Gasteiger partial charge in [-0.1, -0.05) is 22.0 Å². The Morgan fingerprint density at radius 1 is 0.968 bits per heavy atom. The highest BCUT2D eigenvalue weighted by Crippen LogP contribution is 2.29. The molecule has 0 bridgehead atoms. The molecule has 3 aromatic rings. The van der Waals surface area contributed by atoms with Gasteiger partial charge in [-0.3, -0.25) is 19.4 Å². The summed E-state index contributed by atoms with van der Waals surface area (Å²) >= 11 is 3.40. The predicted octanol–water partition coefficient (Wildman–Crippen LogP) is 4.54. The van der Waals surface area contributed by atoms with Crippen molar-refractivity contribution in [1.82, 2.24) is 4.98 Å². The topological polar surface area (TPSA) is 85.8 Å². The summed E-state index contributed by atoms with van der Waals surface area (Å²) in [5.41, 5.74) is 1.62. The number of halogens is 1. The van der Waals surface area contributed by atoms with E-state index in [4.69, 9.17) is 9.47 Å². The molecule has 7 nitrogen and oxygen atoms in total. The lowest BCUT2D eigenvalue weighted by molar-refractivity contribution is -0.132. The third kappa shape index (κ3) is 5.99. The van der Waals surface area contributed by atoms with E-state index >= 15 is 0 Å². The molecule has 31 heavy (non-hydrogen) atoms. The molecule has 0 saturated carbocycles. The molecule has 0 fully saturated rings. The van der Waals surface area contributed by atoms with E-state index in [1.165, 1.54) is 32.0 Å². The molecule has 1 amide bonds. The molecule has 8 heteroatoms. The van der Waals surface area contributed by atoms with Gasteiger partial charge in [-0.15, -0.1) is 0 Å². The summed E-state index contributed by atoms with van der Waals surface area (Å²) in [5, 5.41) is 0. The van der Waals surface area contributed by atoms with Crippen molar-refractivity contribution in [2.24, 2.45) is 0 Å². The van der Waals surface area contributed by atoms with E-state index in [9.17, 15) is 14.4 Å². The number of nitrogens with zero attached hydrogens (tertiary/aromatic N) is 2. The summed E-state index contributed by atoms with van der Waals surface area (Å²) in [6.07, 6.45) is 3.33. The number of ether oxygens (including phenoxy) is 2. The van der Waals surface area contributed by atoms with Crippen LogP contribution in [0.5, 0.6) is 11.5 Å². The molecule has 158 valence electrons. The van der Waals surface area contributed by atoms with Crippen LogP contribution < -0.4 is 14.4 Å². The Bertz CT molecular complexity index is 1100. The number of hydrogen-bond donors (Lipinski definition) is 0. The minimum Gasteiger partial charge on any atom is -0.427 e. The van der Waals surface area contributed by atoms with Crippen molar-refractivity contribution in [3.8, 4) is 11.5 Å². The lowest BCUT2D eigenvalue weighted by Crippen LogP contribution is -2.31. The molecular formula is C23H19BrN2O5. The van der Waals surface area contributed by atoms with E-state index in [0.29, 0.717) is 5.69 Å². The van der Waals surface area contributed by atoms with Crippen molar-refractivity contribution in [2.45, 2.75) is 20.4 Å². The van der Waals surface area contributed by atoms with Gasteiger partial charge in [0.05, 0.1) is 12.1 Å². The molecule has 0 unspecified atom stereocenters. The molecule has 2 aromatic carbocycles. The summed E-state index contributed by atoms with van der Waals surface area (Å²) in [6.45, 7) is 2.74. The molecule has 0 N–H and O–H groups in total. The Hall–Kier alpha value is -3.52. The van der Waals surface area contributed by atoms with E-state index in [2.05, 4.69) is 20.9 Å². The van der Waals surface area contributed by atoms with Gasteiger partial charge in [-0.05, 0) is 48.0 Å². The SMILES string of the molecule is CC(=O)Oc1ccc(C(=O)N(Cc2cccnc2)c2ccc(Br)cc2)c(OC(C)=O)c1. The number of anilines is 1. The second-order valence-corrected chi connectivity index (χ2v) is 7.49. The number of amides is 1. The number of carbonyl (C=O) groups is 3. The Balaban J connectivity index is 2.04. The van der Waals surface area contributed by atoms with Crippen LogP contribution in [0.15, 0.2) is 71.5 Å². The molecular weight excluding hydrogens is 464 g/mol. The molecule has 0 saturated heterocycles. The van der Waals surface area contributed by atoms with Gasteiger partial charge >= 0.3 is 11.9 Å². The number of hydrogen-bond acceptors (Lipinski definition) is 6. The highest BCUT2D eigenvalue weighted by atomic mass is 79.9. The molecule has 0 aliphatic heterocycles. The fourth-order valence-electron chi connectivity index (χ4n) is 2.87. The maximum atomic E-state index is 13.6. The van der Waals surface area contributed by atoms with E-state index < -0.39 is 17.8 Å². The lowest BCUT2D eigenvalue weighted by atomic mass is 10.1. The third-order valence-corrected chi connectivity index (χ3v) is 4.67. The van der Waals surface area contributed by atoms with Crippen LogP contribution in [-0.4, -0.2) is 22.8 Å². The van der Waals surface area contributed by atoms with Crippen LogP contribution in [0.3, 0.4) is 0 Å². The van der Waals surface area contributed by atoms with Crippen LogP contribution in [0.25, 0.3) is 0 Å². The van der Waals surface area contributed by atoms with Gasteiger partial charge in [0, 0.05) is 42.5 Å². The maximum absolute atomic E-state index is 13.6. The van der Waals surface area contributed by atoms with Gasteiger partial charge in [0.15, 0.2) is 0 Å². The Labute approximate surface area is 187 Å². The van der Waals surface area contributed by atoms with Crippen LogP contribution in [0.2, 0.25) is 0 Å². The number of esters is 2. The molecule has 3 rings (SSSR count). The summed E-state index contributed by atoms with van der Waals surface area (Å²) in [4.78, 5) is 42.1. The molecule has 1 heterocycles. The van der Waals surface area contributed by atoms with Crippen LogP contribution in [0.1, 0.15) is 29.8 Å². The zero-order valence-corrected chi connectivity index (χ0v) is 18.5. The van der Waals surface area contributed by atoms with Crippen molar-refractivity contribution in [3.63, 3.8) is 0 Å². The quantitative estimate of drug-likeness (QED) is 0.378. The van der Waals surface area contributed by atoms with Crippen LogP contribution in [0, 0.1) is 0 Å². The Kier molecular flexibility index (Phi) is 7.15. The number of rotatable bonds is 6. The zero-order chi connectivity index (χ0) is 22.4. The summed E-state index contributed by atoms with van der Waals surface area (Å²) in [5.74, 6) is -1.35. The van der Waals surface area contributed by atoms with E-state index in [0.717, 1.165) is 10.0 Å². The first kappa shape index (κ1) is 22.2. The highest BCUT2D eigenvalue weighted by Gasteiger charge is 2.23. The minimum absolute atomic E-state index is 0.00421. The van der Waals surface area contributed by atoms with E-state index in [1.54, 1.807) is 35.5 Å². The summed E-state index contributed by atoms with van der Waals surface area (Å²) in [6, 6.07) is 15.2. The molecule has 0 radical (unpaired) electrons. The van der Waals surface area contributed by atoms with Crippen molar-refractivity contribution in [2.75, 3.05) is 4.90 Å². The number of pyridine rings is 1. The number of carbonyl (C=O) groups excluding carboxylic acids is 3. The molecule has 0 aliphatic rings. The normalized spacial score (nSPS) is 10.3. The molecule has 0 atom stereocenters. The van der Waals surface area contributed by atoms with Crippen molar-refractivity contribution in [3.05, 3.63) is 82.6 Å². The average Bonchev–Trinajstić information content (AvgIpc) is 2.72. The first-order valence-electron chi connectivity index (χ1n) is 9.30. The maximum Gasteiger partial charge on any atom is 0.308 e. The van der Waals surface area contributed by atoms with Gasteiger partial charge in [0.25, 0.3) is 5.91 Å². The van der Waals surface area contributed by atoms with Gasteiger partial charge in [0.2, 0.25) is 0 Å². The average molecular weight is 483 g/mol. The fraction of sp³-hybridized carbons (Fsp3) is 0.130. The second-order valence-electron chi connectivity index (χ2n) is 6.57. The van der Waals surface area contributed by atoms with Gasteiger partial charge in [-0.25, -0.2) is 0 Å². The fourth-order valence-corrected chi connectivity index (χ4v) is 3.13. The first-order chi connectivity index (χ1) is 14.8. The Morgan fingerprint density at radius 3 is 2.29 bits per heavy atom. The second kappa shape index (κ2) is 9.99. The molecule has 0 spiro atoms. The van der Waals surface area contributed by atoms with E-state index in [1.807, 2.05) is 18.2 Å². The van der Waals surface area contributed by atoms with Gasteiger partial charge in [-0.2, -0.15) is 0 Å². The van der Waals surface area contributed by atoms with Gasteiger partial charge in [0.1, 0.15) is 11.5 Å². The van der Waals surface area contributed by atoms with Gasteiger partial charge < -0.3 is 14.4 Å². The third-order valence-electron chi connectivity index (χ3n) is 4.15. The summed E-state index contributed by atoms with van der Waals surface area (Å²) in [7, 11) is 0. The summed E-state index contributed by atoms with van der Waals surface area (Å²) < 4.78 is 11.2. The van der Waals surface area contributed by atoms with E-state index in [-0.39, 0.29) is 23.6 Å².